The number of nitrogens with zero attached hydrogens (tertiary/aromatic N) is 3. The molecule has 1 heterocycles. The summed E-state index contributed by atoms with van der Waals surface area (Å²) in [6, 6.07) is 0.0680. The van der Waals surface area contributed by atoms with E-state index < -0.39 is 10.0 Å². The van der Waals surface area contributed by atoms with Crippen molar-refractivity contribution in [3.63, 3.8) is 0 Å². The summed E-state index contributed by atoms with van der Waals surface area (Å²) in [5, 5.41) is 0. The van der Waals surface area contributed by atoms with E-state index in [2.05, 4.69) is 0 Å². The van der Waals surface area contributed by atoms with Gasteiger partial charge in [0.15, 0.2) is 0 Å². The Labute approximate surface area is 137 Å². The van der Waals surface area contributed by atoms with Crippen molar-refractivity contribution in [1.29, 1.82) is 0 Å². The number of ether oxygens (including phenoxy) is 1. The molecule has 0 bridgehead atoms. The van der Waals surface area contributed by atoms with E-state index in [-0.39, 0.29) is 31.0 Å². The molecule has 0 aromatic rings. The summed E-state index contributed by atoms with van der Waals surface area (Å²) in [6.45, 7) is 4.14. The van der Waals surface area contributed by atoms with Crippen molar-refractivity contribution in [3.8, 4) is 0 Å². The number of carbonyl (C=O) groups is 2. The highest BCUT2D eigenvalue weighted by Crippen LogP contribution is 2.29. The Bertz CT molecular complexity index is 539. The average Bonchev–Trinajstić information content (AvgIpc) is 3.31. The minimum Gasteiger partial charge on any atom is -0.450 e. The largest absolute Gasteiger partial charge is 0.450 e. The predicted octanol–water partition coefficient (Wildman–Crippen LogP) is 0.101. The molecule has 1 saturated heterocycles. The van der Waals surface area contributed by atoms with Gasteiger partial charge in [-0.25, -0.2) is 13.2 Å². The van der Waals surface area contributed by atoms with E-state index in [0.717, 1.165) is 12.8 Å². The second-order valence-electron chi connectivity index (χ2n) is 5.92. The zero-order valence-corrected chi connectivity index (χ0v) is 14.5. The average molecular weight is 347 g/mol. The van der Waals surface area contributed by atoms with E-state index in [1.807, 2.05) is 0 Å². The van der Waals surface area contributed by atoms with Crippen LogP contribution in [0.5, 0.6) is 0 Å². The summed E-state index contributed by atoms with van der Waals surface area (Å²) < 4.78 is 29.8. The molecule has 23 heavy (non-hydrogen) atoms. The SMILES string of the molecule is CCOC(=O)N1CCN(C(=O)CCN(C2CC2)S(C)(=O)=O)CC1. The smallest absolute Gasteiger partial charge is 0.409 e. The van der Waals surface area contributed by atoms with Gasteiger partial charge in [0.25, 0.3) is 0 Å². The Morgan fingerprint density at radius 2 is 1.70 bits per heavy atom. The van der Waals surface area contributed by atoms with Gasteiger partial charge in [-0.05, 0) is 19.8 Å². The van der Waals surface area contributed by atoms with Crippen LogP contribution in [-0.4, -0.2) is 86.2 Å². The molecule has 0 N–H and O–H groups in total. The molecule has 2 fully saturated rings. The summed E-state index contributed by atoms with van der Waals surface area (Å²) in [5.74, 6) is -0.0668. The molecule has 1 saturated carbocycles. The van der Waals surface area contributed by atoms with Gasteiger partial charge in [-0.2, -0.15) is 4.31 Å². The van der Waals surface area contributed by atoms with Gasteiger partial charge in [0.2, 0.25) is 15.9 Å². The van der Waals surface area contributed by atoms with Crippen molar-refractivity contribution < 1.29 is 22.7 Å². The maximum atomic E-state index is 12.2. The molecule has 8 nitrogen and oxygen atoms in total. The van der Waals surface area contributed by atoms with Crippen LogP contribution < -0.4 is 0 Å². The lowest BCUT2D eigenvalue weighted by molar-refractivity contribution is -0.132. The molecule has 0 radical (unpaired) electrons. The fourth-order valence-corrected chi connectivity index (χ4v) is 3.87. The Morgan fingerprint density at radius 3 is 2.17 bits per heavy atom. The lowest BCUT2D eigenvalue weighted by Gasteiger charge is -2.34. The first-order chi connectivity index (χ1) is 10.8. The third kappa shape index (κ3) is 5.07. The first-order valence-corrected chi connectivity index (χ1v) is 9.84. The first kappa shape index (κ1) is 18.0. The minimum absolute atomic E-state index is 0.0668. The monoisotopic (exact) mass is 347 g/mol. The zero-order valence-electron chi connectivity index (χ0n) is 13.7. The Hall–Kier alpha value is -1.35. The summed E-state index contributed by atoms with van der Waals surface area (Å²) in [7, 11) is -3.26. The van der Waals surface area contributed by atoms with E-state index in [1.165, 1.54) is 10.6 Å². The van der Waals surface area contributed by atoms with Crippen LogP contribution in [0.15, 0.2) is 0 Å². The zero-order chi connectivity index (χ0) is 17.0. The van der Waals surface area contributed by atoms with Crippen LogP contribution in [0.3, 0.4) is 0 Å². The Balaban J connectivity index is 1.78. The molecule has 9 heteroatoms. The van der Waals surface area contributed by atoms with E-state index in [9.17, 15) is 18.0 Å². The standard InChI is InChI=1S/C14H25N3O5S/c1-3-22-14(19)16-10-8-15(9-11-16)13(18)6-7-17(12-4-5-12)23(2,20)21/h12H,3-11H2,1-2H3. The molecule has 2 aliphatic rings. The normalized spacial score (nSPS) is 19.1. The van der Waals surface area contributed by atoms with Crippen LogP contribution in [0, 0.1) is 0 Å². The number of carbonyl (C=O) groups excluding carboxylic acids is 2. The number of sulfonamides is 1. The Kier molecular flexibility index (Phi) is 5.85. The predicted molar refractivity (Wildman–Crippen MR) is 84.4 cm³/mol. The first-order valence-electron chi connectivity index (χ1n) is 7.99. The van der Waals surface area contributed by atoms with Crippen molar-refractivity contribution in [1.82, 2.24) is 14.1 Å². The van der Waals surface area contributed by atoms with Gasteiger partial charge in [-0.3, -0.25) is 4.79 Å². The maximum absolute atomic E-state index is 12.2. The van der Waals surface area contributed by atoms with Gasteiger partial charge in [0, 0.05) is 45.2 Å². The Morgan fingerprint density at radius 1 is 1.13 bits per heavy atom. The highest BCUT2D eigenvalue weighted by molar-refractivity contribution is 7.88. The summed E-state index contributed by atoms with van der Waals surface area (Å²) in [6.07, 6.45) is 2.77. The molecule has 0 aromatic heterocycles. The van der Waals surface area contributed by atoms with Gasteiger partial charge in [0.05, 0.1) is 12.9 Å². The number of rotatable bonds is 6. The van der Waals surface area contributed by atoms with Crippen LogP contribution in [-0.2, 0) is 19.6 Å². The van der Waals surface area contributed by atoms with Crippen molar-refractivity contribution >= 4 is 22.0 Å². The highest BCUT2D eigenvalue weighted by atomic mass is 32.2. The molecule has 1 aliphatic heterocycles. The number of hydrogen-bond donors (Lipinski definition) is 0. The number of piperazine rings is 1. The molecule has 2 amide bonds. The van der Waals surface area contributed by atoms with Crippen LogP contribution in [0.4, 0.5) is 4.79 Å². The van der Waals surface area contributed by atoms with Crippen LogP contribution >= 0.6 is 0 Å². The van der Waals surface area contributed by atoms with Crippen LogP contribution in [0.1, 0.15) is 26.2 Å². The fraction of sp³-hybridized carbons (Fsp3) is 0.857. The molecule has 0 aromatic carbocycles. The van der Waals surface area contributed by atoms with E-state index in [4.69, 9.17) is 4.74 Å². The lowest BCUT2D eigenvalue weighted by Crippen LogP contribution is -2.51. The molecular weight excluding hydrogens is 322 g/mol. The van der Waals surface area contributed by atoms with Crippen molar-refractivity contribution in [2.75, 3.05) is 45.6 Å². The molecular formula is C14H25N3O5S. The van der Waals surface area contributed by atoms with Crippen LogP contribution in [0.25, 0.3) is 0 Å². The van der Waals surface area contributed by atoms with Crippen molar-refractivity contribution in [2.45, 2.75) is 32.2 Å². The van der Waals surface area contributed by atoms with Gasteiger partial charge in [-0.15, -0.1) is 0 Å². The second-order valence-corrected chi connectivity index (χ2v) is 7.86. The van der Waals surface area contributed by atoms with Gasteiger partial charge >= 0.3 is 6.09 Å². The summed E-state index contributed by atoms with van der Waals surface area (Å²) in [4.78, 5) is 27.1. The highest BCUT2D eigenvalue weighted by Gasteiger charge is 2.35. The molecule has 0 spiro atoms. The summed E-state index contributed by atoms with van der Waals surface area (Å²) in [5.41, 5.74) is 0. The fourth-order valence-electron chi connectivity index (χ4n) is 2.70. The molecule has 2 rings (SSSR count). The third-order valence-corrected chi connectivity index (χ3v) is 5.42. The quantitative estimate of drug-likeness (QED) is 0.680. The third-order valence-electron chi connectivity index (χ3n) is 4.08. The van der Waals surface area contributed by atoms with Crippen molar-refractivity contribution in [3.05, 3.63) is 0 Å². The lowest BCUT2D eigenvalue weighted by atomic mass is 10.3. The molecule has 132 valence electrons. The number of hydrogen-bond acceptors (Lipinski definition) is 5. The topological polar surface area (TPSA) is 87.2 Å². The van der Waals surface area contributed by atoms with E-state index in [1.54, 1.807) is 16.7 Å². The van der Waals surface area contributed by atoms with Crippen LogP contribution in [0.2, 0.25) is 0 Å². The van der Waals surface area contributed by atoms with Gasteiger partial charge in [-0.1, -0.05) is 0 Å². The maximum Gasteiger partial charge on any atom is 0.409 e. The van der Waals surface area contributed by atoms with Gasteiger partial charge < -0.3 is 14.5 Å². The second kappa shape index (κ2) is 7.48. The molecule has 1 aliphatic carbocycles. The van der Waals surface area contributed by atoms with E-state index >= 15 is 0 Å². The molecule has 0 atom stereocenters. The van der Waals surface area contributed by atoms with Gasteiger partial charge in [0.1, 0.15) is 0 Å². The van der Waals surface area contributed by atoms with Crippen molar-refractivity contribution in [2.24, 2.45) is 0 Å². The van der Waals surface area contributed by atoms with E-state index in [0.29, 0.717) is 32.8 Å². The minimum atomic E-state index is -3.26. The summed E-state index contributed by atoms with van der Waals surface area (Å²) >= 11 is 0. The number of amides is 2. The molecule has 0 unspecified atom stereocenters.